The largest absolute Gasteiger partial charge is 0.379 e. The number of nitrogens with zero attached hydrogens (tertiary/aromatic N) is 6. The fourth-order valence-corrected chi connectivity index (χ4v) is 6.67. The van der Waals surface area contributed by atoms with E-state index < -0.39 is 0 Å². The van der Waals surface area contributed by atoms with Gasteiger partial charge >= 0.3 is 0 Å². The van der Waals surface area contributed by atoms with E-state index in [9.17, 15) is 4.79 Å². The van der Waals surface area contributed by atoms with Crippen molar-refractivity contribution < 1.29 is 14.3 Å². The van der Waals surface area contributed by atoms with Crippen molar-refractivity contribution in [3.8, 4) is 28.1 Å². The topological polar surface area (TPSA) is 77.7 Å². The Labute approximate surface area is 237 Å². The maximum atomic E-state index is 13.7. The molecule has 206 valence electrons. The summed E-state index contributed by atoms with van der Waals surface area (Å²) in [5, 5.41) is 9.62. The van der Waals surface area contributed by atoms with Crippen LogP contribution in [0.3, 0.4) is 0 Å². The molecule has 10 heteroatoms. The van der Waals surface area contributed by atoms with Crippen molar-refractivity contribution in [2.45, 2.75) is 17.2 Å². The number of rotatable bonds is 6. The summed E-state index contributed by atoms with van der Waals surface area (Å²) in [6, 6.07) is 16.8. The van der Waals surface area contributed by atoms with Crippen LogP contribution in [0.5, 0.6) is 0 Å². The number of hydrogen-bond acceptors (Lipinski definition) is 7. The fraction of sp³-hybridized carbons (Fsp3) is 0.367. The molecule has 2 fully saturated rings. The van der Waals surface area contributed by atoms with Gasteiger partial charge in [-0.2, -0.15) is 10.2 Å². The van der Waals surface area contributed by atoms with Gasteiger partial charge in [0.05, 0.1) is 50.6 Å². The summed E-state index contributed by atoms with van der Waals surface area (Å²) in [5.74, 6) is 0.698. The molecule has 3 aliphatic heterocycles. The van der Waals surface area contributed by atoms with Gasteiger partial charge in [-0.3, -0.25) is 14.4 Å². The molecule has 0 bridgehead atoms. The highest BCUT2D eigenvalue weighted by atomic mass is 32.2. The van der Waals surface area contributed by atoms with Crippen LogP contribution in [0.4, 0.5) is 0 Å². The molecule has 1 amide bonds. The molecule has 7 rings (SSSR count). The van der Waals surface area contributed by atoms with E-state index in [1.54, 1.807) is 11.8 Å². The van der Waals surface area contributed by atoms with E-state index in [2.05, 4.69) is 64.7 Å². The lowest BCUT2D eigenvalue weighted by atomic mass is 10.0. The van der Waals surface area contributed by atoms with Crippen molar-refractivity contribution in [3.63, 3.8) is 0 Å². The number of benzene rings is 2. The molecule has 2 saturated heterocycles. The number of morpholine rings is 2. The number of fused-ring (bicyclic) bond motifs is 3. The lowest BCUT2D eigenvalue weighted by molar-refractivity contribution is 0.0298. The van der Waals surface area contributed by atoms with Crippen molar-refractivity contribution in [2.24, 2.45) is 0 Å². The molecule has 0 radical (unpaired) electrons. The molecule has 2 aromatic carbocycles. The van der Waals surface area contributed by atoms with E-state index in [1.165, 1.54) is 4.90 Å². The standard InChI is InChI=1S/C30H32N6O3S/c37-30(34-12-16-39-17-13-34)28-26-21-40-27-7-2-1-6-25(27)29(26)36(32-28)24-5-3-4-22(18-24)23-19-31-35(20-23)9-8-33-10-14-38-15-11-33/h1-7,18-20H,8-17,21H2. The number of hydrogen-bond donors (Lipinski definition) is 0. The van der Waals surface area contributed by atoms with Crippen LogP contribution in [0.15, 0.2) is 65.8 Å². The Morgan fingerprint density at radius 1 is 0.900 bits per heavy atom. The predicted octanol–water partition coefficient (Wildman–Crippen LogP) is 3.81. The van der Waals surface area contributed by atoms with Crippen LogP contribution in [-0.4, -0.2) is 94.4 Å². The number of thioether (sulfide) groups is 1. The summed E-state index contributed by atoms with van der Waals surface area (Å²) in [6.07, 6.45) is 4.04. The smallest absolute Gasteiger partial charge is 0.274 e. The average molecular weight is 557 g/mol. The van der Waals surface area contributed by atoms with Gasteiger partial charge < -0.3 is 14.4 Å². The maximum Gasteiger partial charge on any atom is 0.274 e. The van der Waals surface area contributed by atoms with Gasteiger partial charge in [0.15, 0.2) is 5.69 Å². The van der Waals surface area contributed by atoms with Gasteiger partial charge in [-0.15, -0.1) is 11.8 Å². The molecule has 0 spiro atoms. The zero-order chi connectivity index (χ0) is 26.9. The monoisotopic (exact) mass is 556 g/mol. The third-order valence-corrected chi connectivity index (χ3v) is 8.90. The molecule has 4 aromatic rings. The molecule has 0 atom stereocenters. The van der Waals surface area contributed by atoms with E-state index in [0.29, 0.717) is 37.8 Å². The zero-order valence-electron chi connectivity index (χ0n) is 22.4. The van der Waals surface area contributed by atoms with Gasteiger partial charge in [0, 0.05) is 66.3 Å². The number of carbonyl (C=O) groups excluding carboxylic acids is 1. The van der Waals surface area contributed by atoms with Gasteiger partial charge in [-0.1, -0.05) is 30.3 Å². The van der Waals surface area contributed by atoms with Crippen LogP contribution in [0.1, 0.15) is 16.1 Å². The van der Waals surface area contributed by atoms with Gasteiger partial charge in [0.1, 0.15) is 0 Å². The highest BCUT2D eigenvalue weighted by molar-refractivity contribution is 7.98. The SMILES string of the molecule is O=C(c1nn(-c2cccc(-c3cnn(CCN4CCOCC4)c3)c2)c2c1CSc1ccccc1-2)N1CCOCC1. The minimum absolute atomic E-state index is 0.0176. The van der Waals surface area contributed by atoms with Crippen molar-refractivity contribution >= 4 is 17.7 Å². The molecular weight excluding hydrogens is 524 g/mol. The Morgan fingerprint density at radius 3 is 2.55 bits per heavy atom. The number of ether oxygens (including phenoxy) is 2. The third kappa shape index (κ3) is 4.96. The number of carbonyl (C=O) groups is 1. The van der Waals surface area contributed by atoms with Crippen LogP contribution >= 0.6 is 11.8 Å². The molecule has 5 heterocycles. The lowest BCUT2D eigenvalue weighted by Gasteiger charge is -2.26. The second-order valence-corrected chi connectivity index (χ2v) is 11.3. The molecule has 2 aromatic heterocycles. The first-order valence-corrected chi connectivity index (χ1v) is 14.9. The van der Waals surface area contributed by atoms with Gasteiger partial charge in [0.2, 0.25) is 0 Å². The van der Waals surface area contributed by atoms with Crippen LogP contribution in [-0.2, 0) is 21.8 Å². The zero-order valence-corrected chi connectivity index (χ0v) is 23.2. The van der Waals surface area contributed by atoms with E-state index in [1.807, 2.05) is 20.5 Å². The van der Waals surface area contributed by atoms with E-state index >= 15 is 0 Å². The first-order chi connectivity index (χ1) is 19.7. The minimum atomic E-state index is -0.0176. The Morgan fingerprint density at radius 2 is 1.70 bits per heavy atom. The molecule has 0 saturated carbocycles. The second-order valence-electron chi connectivity index (χ2n) is 10.3. The van der Waals surface area contributed by atoms with Gasteiger partial charge in [-0.05, 0) is 23.8 Å². The summed E-state index contributed by atoms with van der Waals surface area (Å²) in [7, 11) is 0. The van der Waals surface area contributed by atoms with Crippen LogP contribution in [0.25, 0.3) is 28.1 Å². The highest BCUT2D eigenvalue weighted by Gasteiger charge is 2.32. The summed E-state index contributed by atoms with van der Waals surface area (Å²) < 4.78 is 14.9. The van der Waals surface area contributed by atoms with Crippen LogP contribution < -0.4 is 0 Å². The van der Waals surface area contributed by atoms with E-state index in [0.717, 1.165) is 73.0 Å². The first kappa shape index (κ1) is 25.5. The number of aromatic nitrogens is 4. The molecular formula is C30H32N6O3S. The third-order valence-electron chi connectivity index (χ3n) is 7.80. The molecule has 0 unspecified atom stereocenters. The Bertz CT molecular complexity index is 1520. The van der Waals surface area contributed by atoms with Crippen molar-refractivity contribution in [2.75, 3.05) is 59.2 Å². The lowest BCUT2D eigenvalue weighted by Crippen LogP contribution is -2.41. The second kappa shape index (κ2) is 11.2. The highest BCUT2D eigenvalue weighted by Crippen LogP contribution is 2.44. The van der Waals surface area contributed by atoms with E-state index in [-0.39, 0.29) is 5.91 Å². The Balaban J connectivity index is 1.22. The van der Waals surface area contributed by atoms with E-state index in [4.69, 9.17) is 14.6 Å². The fourth-order valence-electron chi connectivity index (χ4n) is 5.60. The summed E-state index contributed by atoms with van der Waals surface area (Å²) in [5.41, 5.74) is 6.72. The van der Waals surface area contributed by atoms with Gasteiger partial charge in [-0.25, -0.2) is 4.68 Å². The van der Waals surface area contributed by atoms with Crippen molar-refractivity contribution in [1.82, 2.24) is 29.4 Å². The first-order valence-electron chi connectivity index (χ1n) is 13.9. The summed E-state index contributed by atoms with van der Waals surface area (Å²) >= 11 is 1.77. The number of amides is 1. The van der Waals surface area contributed by atoms with Gasteiger partial charge in [0.25, 0.3) is 5.91 Å². The van der Waals surface area contributed by atoms with Crippen molar-refractivity contribution in [1.29, 1.82) is 0 Å². The summed E-state index contributed by atoms with van der Waals surface area (Å²) in [6.45, 7) is 7.67. The maximum absolute atomic E-state index is 13.7. The average Bonchev–Trinajstić information content (AvgIpc) is 3.66. The van der Waals surface area contributed by atoms with Crippen LogP contribution in [0.2, 0.25) is 0 Å². The Kier molecular flexibility index (Phi) is 7.15. The Hall–Kier alpha value is -3.44. The minimum Gasteiger partial charge on any atom is -0.379 e. The predicted molar refractivity (Wildman–Crippen MR) is 154 cm³/mol. The summed E-state index contributed by atoms with van der Waals surface area (Å²) in [4.78, 5) is 19.1. The van der Waals surface area contributed by atoms with Crippen molar-refractivity contribution in [3.05, 3.63) is 72.2 Å². The molecule has 3 aliphatic rings. The molecule has 40 heavy (non-hydrogen) atoms. The molecule has 9 nitrogen and oxygen atoms in total. The quantitative estimate of drug-likeness (QED) is 0.357. The normalized spacial score (nSPS) is 17.4. The van der Waals surface area contributed by atoms with Crippen LogP contribution in [0, 0.1) is 0 Å². The molecule has 0 N–H and O–H groups in total. The molecule has 0 aliphatic carbocycles.